The molecule has 1 N–H and O–H groups in total. The lowest BCUT2D eigenvalue weighted by Gasteiger charge is -2.09. The molecule has 0 saturated carbocycles. The van der Waals surface area contributed by atoms with Crippen molar-refractivity contribution in [3.05, 3.63) is 18.0 Å². The average molecular weight is 213 g/mol. The smallest absolute Gasteiger partial charge is 0.233 e. The number of nitrogens with zero attached hydrogens (tertiary/aromatic N) is 2. The van der Waals surface area contributed by atoms with E-state index in [4.69, 9.17) is 0 Å². The molecule has 4 nitrogen and oxygen atoms in total. The van der Waals surface area contributed by atoms with Crippen LogP contribution in [0.4, 0.5) is 0 Å². The summed E-state index contributed by atoms with van der Waals surface area (Å²) in [6, 6.07) is 1.89. The number of carbonyl (C=O) groups is 1. The maximum Gasteiger partial charge on any atom is 0.233 e. The maximum absolute atomic E-state index is 11.4. The Bertz CT molecular complexity index is 311. The molecule has 1 heterocycles. The summed E-state index contributed by atoms with van der Waals surface area (Å²) in [5.74, 6) is 0.0682. The second kappa shape index (κ2) is 5.05. The van der Waals surface area contributed by atoms with E-state index in [2.05, 4.69) is 10.4 Å². The number of hydrogen-bond donors (Lipinski definition) is 1. The van der Waals surface area contributed by atoms with Crippen LogP contribution in [-0.2, 0) is 18.4 Å². The second-order valence-electron chi connectivity index (χ2n) is 3.04. The van der Waals surface area contributed by atoms with E-state index >= 15 is 0 Å². The van der Waals surface area contributed by atoms with Crippen molar-refractivity contribution in [1.29, 1.82) is 0 Å². The van der Waals surface area contributed by atoms with Gasteiger partial charge in [0.1, 0.15) is 0 Å². The first-order valence-corrected chi connectivity index (χ1v) is 5.71. The predicted molar refractivity (Wildman–Crippen MR) is 58.0 cm³/mol. The number of rotatable bonds is 4. The molecule has 0 bridgehead atoms. The van der Waals surface area contributed by atoms with E-state index < -0.39 is 0 Å². The van der Waals surface area contributed by atoms with E-state index in [0.717, 1.165) is 5.69 Å². The monoisotopic (exact) mass is 213 g/mol. The van der Waals surface area contributed by atoms with Gasteiger partial charge in [0.2, 0.25) is 5.91 Å². The highest BCUT2D eigenvalue weighted by Gasteiger charge is 2.10. The van der Waals surface area contributed by atoms with Crippen LogP contribution in [0.2, 0.25) is 0 Å². The normalized spacial score (nSPS) is 12.5. The van der Waals surface area contributed by atoms with Crippen LogP contribution in [0, 0.1) is 0 Å². The van der Waals surface area contributed by atoms with Crippen LogP contribution < -0.4 is 5.32 Å². The molecule has 0 fully saturated rings. The zero-order valence-electron chi connectivity index (χ0n) is 8.65. The Morgan fingerprint density at radius 3 is 3.00 bits per heavy atom. The third-order valence-corrected chi connectivity index (χ3v) is 3.01. The summed E-state index contributed by atoms with van der Waals surface area (Å²) < 4.78 is 1.75. The number of carbonyl (C=O) groups excluding carboxylic acids is 1. The van der Waals surface area contributed by atoms with E-state index in [0.29, 0.717) is 6.54 Å². The van der Waals surface area contributed by atoms with E-state index in [1.165, 1.54) is 11.8 Å². The molecule has 78 valence electrons. The standard InChI is InChI=1S/C9H15N3OS/c1-7(14-3)9(13)10-6-8-4-5-11-12(8)2/h4-5,7H,6H2,1-3H3,(H,10,13). The largest absolute Gasteiger partial charge is 0.350 e. The van der Waals surface area contributed by atoms with Gasteiger partial charge in [-0.05, 0) is 19.2 Å². The third-order valence-electron chi connectivity index (χ3n) is 2.09. The fourth-order valence-electron chi connectivity index (χ4n) is 1.00. The quantitative estimate of drug-likeness (QED) is 0.804. The van der Waals surface area contributed by atoms with Crippen LogP contribution in [-0.4, -0.2) is 27.2 Å². The molecule has 0 aromatic carbocycles. The van der Waals surface area contributed by atoms with Crippen LogP contribution in [0.1, 0.15) is 12.6 Å². The molecule has 1 amide bonds. The van der Waals surface area contributed by atoms with Crippen molar-refractivity contribution < 1.29 is 4.79 Å². The number of nitrogens with one attached hydrogen (secondary N) is 1. The Morgan fingerprint density at radius 2 is 2.50 bits per heavy atom. The topological polar surface area (TPSA) is 46.9 Å². The summed E-state index contributed by atoms with van der Waals surface area (Å²) in [6.07, 6.45) is 3.65. The number of thioether (sulfide) groups is 1. The lowest BCUT2D eigenvalue weighted by molar-refractivity contribution is -0.120. The van der Waals surface area contributed by atoms with Crippen molar-refractivity contribution in [3.63, 3.8) is 0 Å². The fourth-order valence-corrected chi connectivity index (χ4v) is 1.30. The van der Waals surface area contributed by atoms with Crippen LogP contribution in [0.5, 0.6) is 0 Å². The molecule has 0 saturated heterocycles. The molecule has 1 aromatic heterocycles. The fraction of sp³-hybridized carbons (Fsp3) is 0.556. The highest BCUT2D eigenvalue weighted by molar-refractivity contribution is 7.99. The summed E-state index contributed by atoms with van der Waals surface area (Å²) in [6.45, 7) is 2.43. The van der Waals surface area contributed by atoms with Crippen molar-refractivity contribution in [2.24, 2.45) is 7.05 Å². The Balaban J connectivity index is 2.41. The molecule has 0 spiro atoms. The Labute approximate surface area is 88.1 Å². The summed E-state index contributed by atoms with van der Waals surface area (Å²) in [5.41, 5.74) is 1.01. The molecular formula is C9H15N3OS. The molecule has 0 aliphatic carbocycles. The van der Waals surface area contributed by atoms with Crippen molar-refractivity contribution in [3.8, 4) is 0 Å². The van der Waals surface area contributed by atoms with Gasteiger partial charge in [-0.1, -0.05) is 0 Å². The van der Waals surface area contributed by atoms with Crippen molar-refractivity contribution in [2.75, 3.05) is 6.26 Å². The highest BCUT2D eigenvalue weighted by Crippen LogP contribution is 2.05. The Hall–Kier alpha value is -0.970. The first-order chi connectivity index (χ1) is 6.65. The maximum atomic E-state index is 11.4. The van der Waals surface area contributed by atoms with Gasteiger partial charge in [0.15, 0.2) is 0 Å². The van der Waals surface area contributed by atoms with Crippen molar-refractivity contribution >= 4 is 17.7 Å². The summed E-state index contributed by atoms with van der Waals surface area (Å²) in [7, 11) is 1.86. The molecule has 0 aliphatic heterocycles. The zero-order chi connectivity index (χ0) is 10.6. The minimum atomic E-state index is 0.00299. The van der Waals surface area contributed by atoms with Crippen molar-refractivity contribution in [2.45, 2.75) is 18.7 Å². The average Bonchev–Trinajstić information content (AvgIpc) is 2.59. The minimum Gasteiger partial charge on any atom is -0.350 e. The molecule has 1 rings (SSSR count). The SMILES string of the molecule is CSC(C)C(=O)NCc1ccnn1C. The molecule has 1 atom stereocenters. The molecule has 0 radical (unpaired) electrons. The van der Waals surface area contributed by atoms with Gasteiger partial charge >= 0.3 is 0 Å². The van der Waals surface area contributed by atoms with Gasteiger partial charge in [0.25, 0.3) is 0 Å². The first kappa shape index (κ1) is 11.1. The Kier molecular flexibility index (Phi) is 4.00. The molecule has 1 aromatic rings. The molecule has 1 unspecified atom stereocenters. The highest BCUT2D eigenvalue weighted by atomic mass is 32.2. The minimum absolute atomic E-state index is 0.00299. The van der Waals surface area contributed by atoms with Gasteiger partial charge in [-0.25, -0.2) is 0 Å². The van der Waals surface area contributed by atoms with Crippen LogP contribution >= 0.6 is 11.8 Å². The Morgan fingerprint density at radius 1 is 1.79 bits per heavy atom. The second-order valence-corrected chi connectivity index (χ2v) is 4.22. The molecule has 0 aliphatic rings. The van der Waals surface area contributed by atoms with Gasteiger partial charge in [-0.2, -0.15) is 16.9 Å². The number of aromatic nitrogens is 2. The number of amides is 1. The van der Waals surface area contributed by atoms with E-state index in [1.807, 2.05) is 26.3 Å². The molecule has 14 heavy (non-hydrogen) atoms. The van der Waals surface area contributed by atoms with E-state index in [9.17, 15) is 4.79 Å². The van der Waals surface area contributed by atoms with Crippen molar-refractivity contribution in [1.82, 2.24) is 15.1 Å². The lowest BCUT2D eigenvalue weighted by Crippen LogP contribution is -2.30. The zero-order valence-corrected chi connectivity index (χ0v) is 9.47. The van der Waals surface area contributed by atoms with Crippen LogP contribution in [0.3, 0.4) is 0 Å². The third kappa shape index (κ3) is 2.77. The van der Waals surface area contributed by atoms with Gasteiger partial charge < -0.3 is 5.32 Å². The van der Waals surface area contributed by atoms with Crippen LogP contribution in [0.25, 0.3) is 0 Å². The lowest BCUT2D eigenvalue weighted by atomic mass is 10.4. The van der Waals surface area contributed by atoms with Gasteiger partial charge in [0.05, 0.1) is 17.5 Å². The van der Waals surface area contributed by atoms with E-state index in [1.54, 1.807) is 10.9 Å². The summed E-state index contributed by atoms with van der Waals surface area (Å²) in [4.78, 5) is 11.4. The van der Waals surface area contributed by atoms with Gasteiger partial charge in [-0.15, -0.1) is 0 Å². The number of hydrogen-bond acceptors (Lipinski definition) is 3. The van der Waals surface area contributed by atoms with E-state index in [-0.39, 0.29) is 11.2 Å². The summed E-state index contributed by atoms with van der Waals surface area (Å²) >= 11 is 1.54. The molecule has 5 heteroatoms. The first-order valence-electron chi connectivity index (χ1n) is 4.42. The number of aryl methyl sites for hydroxylation is 1. The molecular weight excluding hydrogens is 198 g/mol. The predicted octanol–water partition coefficient (Wildman–Crippen LogP) is 0.788. The van der Waals surface area contributed by atoms with Crippen LogP contribution in [0.15, 0.2) is 12.3 Å². The summed E-state index contributed by atoms with van der Waals surface area (Å²) in [5, 5.41) is 6.88. The van der Waals surface area contributed by atoms with Gasteiger partial charge in [-0.3, -0.25) is 9.48 Å². The van der Waals surface area contributed by atoms with Gasteiger partial charge in [0, 0.05) is 13.2 Å².